The number of hydrogen-bond acceptors (Lipinski definition) is 5. The Morgan fingerprint density at radius 3 is 2.76 bits per heavy atom. The Labute approximate surface area is 124 Å². The summed E-state index contributed by atoms with van der Waals surface area (Å²) < 4.78 is 12.1. The van der Waals surface area contributed by atoms with E-state index in [0.29, 0.717) is 6.54 Å². The molecule has 1 aromatic rings. The third kappa shape index (κ3) is 4.96. The molecular formula is C13H15N3O4S. The summed E-state index contributed by atoms with van der Waals surface area (Å²) in [6.45, 7) is 0.313. The Morgan fingerprint density at radius 2 is 2.14 bits per heavy atom. The predicted molar refractivity (Wildman–Crippen MR) is 76.9 cm³/mol. The monoisotopic (exact) mass is 309 g/mol. The maximum atomic E-state index is 12.1. The number of benzene rings is 1. The first-order valence-electron chi connectivity index (χ1n) is 6.20. The molecule has 0 aliphatic rings. The van der Waals surface area contributed by atoms with Crippen molar-refractivity contribution >= 4 is 22.4 Å². The number of nitro benzene ring substituents is 1. The minimum atomic E-state index is -1.61. The van der Waals surface area contributed by atoms with Crippen LogP contribution >= 0.6 is 0 Å². The number of nitro groups is 1. The van der Waals surface area contributed by atoms with Crippen molar-refractivity contribution in [2.45, 2.75) is 17.7 Å². The highest BCUT2D eigenvalue weighted by molar-refractivity contribution is 7.85. The molecule has 0 heterocycles. The van der Waals surface area contributed by atoms with Crippen LogP contribution in [-0.4, -0.2) is 39.3 Å². The molecule has 1 rings (SSSR count). The number of amides is 1. The normalized spacial score (nSPS) is 11.4. The van der Waals surface area contributed by atoms with Crippen molar-refractivity contribution in [2.24, 2.45) is 0 Å². The maximum absolute atomic E-state index is 12.1. The first-order valence-corrected chi connectivity index (χ1v) is 7.52. The molecule has 0 spiro atoms. The first-order chi connectivity index (χ1) is 9.97. The van der Waals surface area contributed by atoms with Crippen LogP contribution in [0.1, 0.15) is 12.8 Å². The molecule has 0 fully saturated rings. The van der Waals surface area contributed by atoms with Crippen LogP contribution in [0.25, 0.3) is 0 Å². The number of carbonyl (C=O) groups is 1. The molecule has 0 aliphatic carbocycles. The molecule has 1 unspecified atom stereocenters. The molecule has 0 bridgehead atoms. The quantitative estimate of drug-likeness (QED) is 0.560. The lowest BCUT2D eigenvalue weighted by atomic mass is 10.3. The van der Waals surface area contributed by atoms with E-state index >= 15 is 0 Å². The van der Waals surface area contributed by atoms with Crippen LogP contribution in [-0.2, 0) is 15.6 Å². The second-order valence-electron chi connectivity index (χ2n) is 4.25. The fourth-order valence-electron chi connectivity index (χ4n) is 1.62. The van der Waals surface area contributed by atoms with Gasteiger partial charge in [0.15, 0.2) is 0 Å². The molecule has 0 aliphatic heterocycles. The number of nitriles is 1. The first kappa shape index (κ1) is 16.8. The summed E-state index contributed by atoms with van der Waals surface area (Å²) in [4.78, 5) is 23.5. The van der Waals surface area contributed by atoms with E-state index in [-0.39, 0.29) is 35.1 Å². The Balaban J connectivity index is 2.65. The fraction of sp³-hybridized carbons (Fsp3) is 0.385. The average Bonchev–Trinajstić information content (AvgIpc) is 2.49. The highest BCUT2D eigenvalue weighted by Gasteiger charge is 2.19. The molecule has 8 heteroatoms. The van der Waals surface area contributed by atoms with E-state index in [9.17, 15) is 19.1 Å². The zero-order valence-corrected chi connectivity index (χ0v) is 12.3. The third-order valence-electron chi connectivity index (χ3n) is 2.79. The van der Waals surface area contributed by atoms with Crippen molar-refractivity contribution in [3.63, 3.8) is 0 Å². The lowest BCUT2D eigenvalue weighted by Crippen LogP contribution is -2.28. The summed E-state index contributed by atoms with van der Waals surface area (Å²) in [6, 6.07) is 7.72. The molecule has 1 atom stereocenters. The topological polar surface area (TPSA) is 104 Å². The van der Waals surface area contributed by atoms with Crippen LogP contribution in [0.5, 0.6) is 0 Å². The van der Waals surface area contributed by atoms with Crippen LogP contribution in [0, 0.1) is 21.4 Å². The van der Waals surface area contributed by atoms with Crippen molar-refractivity contribution in [1.29, 1.82) is 5.26 Å². The van der Waals surface area contributed by atoms with Gasteiger partial charge in [0.05, 0.1) is 28.2 Å². The Morgan fingerprint density at radius 1 is 1.48 bits per heavy atom. The van der Waals surface area contributed by atoms with Crippen molar-refractivity contribution < 1.29 is 13.9 Å². The van der Waals surface area contributed by atoms with Gasteiger partial charge in [0.25, 0.3) is 5.69 Å². The summed E-state index contributed by atoms with van der Waals surface area (Å²) >= 11 is 0. The van der Waals surface area contributed by atoms with E-state index in [0.717, 1.165) is 0 Å². The number of hydrogen-bond donors (Lipinski definition) is 0. The van der Waals surface area contributed by atoms with Gasteiger partial charge >= 0.3 is 0 Å². The SMILES string of the molecule is CN(CCC#N)C(=O)CCS(=O)c1ccccc1[N+](=O)[O-]. The summed E-state index contributed by atoms with van der Waals surface area (Å²) in [6.07, 6.45) is 0.246. The average molecular weight is 309 g/mol. The van der Waals surface area contributed by atoms with Gasteiger partial charge in [-0.1, -0.05) is 12.1 Å². The predicted octanol–water partition coefficient (Wildman–Crippen LogP) is 1.46. The van der Waals surface area contributed by atoms with Gasteiger partial charge in [0.1, 0.15) is 4.90 Å². The molecule has 0 N–H and O–H groups in total. The third-order valence-corrected chi connectivity index (χ3v) is 4.20. The summed E-state index contributed by atoms with van der Waals surface area (Å²) in [5.41, 5.74) is -0.207. The second-order valence-corrected chi connectivity index (χ2v) is 5.79. The van der Waals surface area contributed by atoms with Gasteiger partial charge in [-0.3, -0.25) is 19.1 Å². The smallest absolute Gasteiger partial charge is 0.285 e. The van der Waals surface area contributed by atoms with Crippen molar-refractivity contribution in [1.82, 2.24) is 4.90 Å². The van der Waals surface area contributed by atoms with E-state index < -0.39 is 15.7 Å². The van der Waals surface area contributed by atoms with Gasteiger partial charge in [-0.05, 0) is 6.07 Å². The minimum absolute atomic E-state index is 0.0145. The van der Waals surface area contributed by atoms with Crippen LogP contribution < -0.4 is 0 Å². The molecule has 7 nitrogen and oxygen atoms in total. The molecule has 21 heavy (non-hydrogen) atoms. The Hall–Kier alpha value is -2.27. The lowest BCUT2D eigenvalue weighted by molar-refractivity contribution is -0.387. The fourth-order valence-corrected chi connectivity index (χ4v) is 2.81. The number of para-hydroxylation sites is 1. The molecule has 0 saturated carbocycles. The van der Waals surface area contributed by atoms with Gasteiger partial charge in [-0.15, -0.1) is 0 Å². The highest BCUT2D eigenvalue weighted by Crippen LogP contribution is 2.21. The number of carbonyl (C=O) groups excluding carboxylic acids is 1. The zero-order chi connectivity index (χ0) is 15.8. The molecule has 0 aromatic heterocycles. The molecule has 112 valence electrons. The summed E-state index contributed by atoms with van der Waals surface area (Å²) in [7, 11) is -0.0495. The summed E-state index contributed by atoms with van der Waals surface area (Å²) in [5, 5.41) is 19.3. The van der Waals surface area contributed by atoms with E-state index in [1.54, 1.807) is 13.1 Å². The van der Waals surface area contributed by atoms with Gasteiger partial charge < -0.3 is 4.90 Å². The molecular weight excluding hydrogens is 294 g/mol. The molecule has 0 saturated heterocycles. The van der Waals surface area contributed by atoms with Gasteiger partial charge in [-0.25, -0.2) is 0 Å². The maximum Gasteiger partial charge on any atom is 0.285 e. The molecule has 1 amide bonds. The zero-order valence-electron chi connectivity index (χ0n) is 11.5. The Bertz CT molecular complexity index is 597. The highest BCUT2D eigenvalue weighted by atomic mass is 32.2. The Kier molecular flexibility index (Phi) is 6.49. The van der Waals surface area contributed by atoms with E-state index in [4.69, 9.17) is 5.26 Å². The number of rotatable bonds is 7. The van der Waals surface area contributed by atoms with Crippen molar-refractivity contribution in [3.05, 3.63) is 34.4 Å². The van der Waals surface area contributed by atoms with E-state index in [2.05, 4.69) is 0 Å². The van der Waals surface area contributed by atoms with Gasteiger partial charge in [0.2, 0.25) is 5.91 Å². The van der Waals surface area contributed by atoms with Crippen molar-refractivity contribution in [3.8, 4) is 6.07 Å². The van der Waals surface area contributed by atoms with Crippen LogP contribution in [0.15, 0.2) is 29.2 Å². The number of nitrogens with zero attached hydrogens (tertiary/aromatic N) is 3. The summed E-state index contributed by atoms with van der Waals surface area (Å²) in [5.74, 6) is -0.224. The molecule has 1 aromatic carbocycles. The molecule has 0 radical (unpaired) electrons. The largest absolute Gasteiger partial charge is 0.345 e. The lowest BCUT2D eigenvalue weighted by Gasteiger charge is -2.14. The van der Waals surface area contributed by atoms with Crippen molar-refractivity contribution in [2.75, 3.05) is 19.3 Å². The minimum Gasteiger partial charge on any atom is -0.345 e. The standard InChI is InChI=1S/C13H15N3O4S/c1-15(9-4-8-14)13(17)7-10-21(20)12-6-3-2-5-11(12)16(18)19/h2-3,5-6H,4,7,9-10H2,1H3. The van der Waals surface area contributed by atoms with Gasteiger partial charge in [-0.2, -0.15) is 5.26 Å². The van der Waals surface area contributed by atoms with E-state index in [1.807, 2.05) is 6.07 Å². The van der Waals surface area contributed by atoms with Gasteiger partial charge in [0, 0.05) is 31.8 Å². The van der Waals surface area contributed by atoms with Crippen LogP contribution in [0.2, 0.25) is 0 Å². The van der Waals surface area contributed by atoms with E-state index in [1.165, 1.54) is 23.1 Å². The second kappa shape index (κ2) is 8.11. The van der Waals surface area contributed by atoms with Crippen LogP contribution in [0.4, 0.5) is 5.69 Å². The van der Waals surface area contributed by atoms with Crippen LogP contribution in [0.3, 0.4) is 0 Å².